The molecule has 3 nitrogen and oxygen atoms in total. The Morgan fingerprint density at radius 2 is 1.68 bits per heavy atom. The molecule has 1 aromatic rings. The molecule has 0 amide bonds. The van der Waals surface area contributed by atoms with Crippen molar-refractivity contribution in [2.45, 2.75) is 13.0 Å². The molecule has 0 heterocycles. The molecule has 1 N–H and O–H groups in total. The third-order valence-corrected chi connectivity index (χ3v) is 4.04. The molecule has 1 rings (SSSR count). The molecular formula is C17H31N3S2. The Hall–Kier alpha value is -0.200. The van der Waals surface area contributed by atoms with Gasteiger partial charge in [0.25, 0.3) is 0 Å². The molecular weight excluding hydrogens is 310 g/mol. The predicted molar refractivity (Wildman–Crippen MR) is 104 cm³/mol. The molecule has 0 aliphatic carbocycles. The fraction of sp³-hybridized carbons (Fsp3) is 0.647. The fourth-order valence-corrected chi connectivity index (χ4v) is 2.90. The summed E-state index contributed by atoms with van der Waals surface area (Å²) < 4.78 is 0. The van der Waals surface area contributed by atoms with Crippen LogP contribution in [0.2, 0.25) is 0 Å². The van der Waals surface area contributed by atoms with Crippen molar-refractivity contribution in [1.82, 2.24) is 15.1 Å². The van der Waals surface area contributed by atoms with Crippen LogP contribution >= 0.6 is 25.3 Å². The third kappa shape index (κ3) is 9.74. The summed E-state index contributed by atoms with van der Waals surface area (Å²) in [4.78, 5) is 4.89. The second-order valence-electron chi connectivity index (χ2n) is 5.62. The largest absolute Gasteiger partial charge is 0.315 e. The Morgan fingerprint density at radius 3 is 2.36 bits per heavy atom. The Kier molecular flexibility index (Phi) is 12.0. The molecule has 0 aliphatic rings. The minimum absolute atomic E-state index is 0.900. The van der Waals surface area contributed by atoms with Gasteiger partial charge in [-0.25, -0.2) is 0 Å². The molecule has 0 aromatic heterocycles. The molecule has 5 heteroatoms. The summed E-state index contributed by atoms with van der Waals surface area (Å²) in [5, 5.41) is 3.40. The standard InChI is InChI=1S/C17H31N3S2/c1-19(16-17-6-3-2-4-7-17)10-5-11-20(13-15-22)12-8-18-9-14-21/h2-4,6-7,18,21-22H,5,8-16H2,1H3. The summed E-state index contributed by atoms with van der Waals surface area (Å²) >= 11 is 8.58. The number of benzene rings is 1. The van der Waals surface area contributed by atoms with Crippen molar-refractivity contribution in [2.75, 3.05) is 57.8 Å². The molecule has 0 saturated carbocycles. The summed E-state index contributed by atoms with van der Waals surface area (Å²) in [6.45, 7) is 7.47. The van der Waals surface area contributed by atoms with Crippen LogP contribution in [0.4, 0.5) is 0 Å². The van der Waals surface area contributed by atoms with Crippen molar-refractivity contribution in [1.29, 1.82) is 0 Å². The lowest BCUT2D eigenvalue weighted by atomic mass is 10.2. The summed E-state index contributed by atoms with van der Waals surface area (Å²) in [5.74, 6) is 1.82. The summed E-state index contributed by atoms with van der Waals surface area (Å²) in [6.07, 6.45) is 1.20. The first-order valence-electron chi connectivity index (χ1n) is 8.13. The van der Waals surface area contributed by atoms with E-state index in [0.717, 1.165) is 57.3 Å². The molecule has 1 aromatic carbocycles. The number of hydrogen-bond donors (Lipinski definition) is 3. The zero-order chi connectivity index (χ0) is 16.0. The van der Waals surface area contributed by atoms with E-state index < -0.39 is 0 Å². The van der Waals surface area contributed by atoms with Gasteiger partial charge in [0.1, 0.15) is 0 Å². The normalized spacial score (nSPS) is 11.5. The van der Waals surface area contributed by atoms with Gasteiger partial charge in [0.15, 0.2) is 0 Å². The van der Waals surface area contributed by atoms with Gasteiger partial charge in [-0.1, -0.05) is 30.3 Å². The smallest absolute Gasteiger partial charge is 0.0230 e. The molecule has 0 fully saturated rings. The minimum Gasteiger partial charge on any atom is -0.315 e. The van der Waals surface area contributed by atoms with Crippen LogP contribution < -0.4 is 5.32 Å². The zero-order valence-corrected chi connectivity index (χ0v) is 15.5. The van der Waals surface area contributed by atoms with Crippen molar-refractivity contribution in [3.05, 3.63) is 35.9 Å². The Labute approximate surface area is 147 Å². The molecule has 0 atom stereocenters. The second-order valence-corrected chi connectivity index (χ2v) is 6.51. The van der Waals surface area contributed by atoms with Gasteiger partial charge >= 0.3 is 0 Å². The van der Waals surface area contributed by atoms with Crippen LogP contribution in [-0.2, 0) is 6.54 Å². The summed E-state index contributed by atoms with van der Waals surface area (Å²) in [7, 11) is 2.20. The molecule has 0 aliphatic heterocycles. The number of nitrogens with one attached hydrogen (secondary N) is 1. The third-order valence-electron chi connectivity index (χ3n) is 3.62. The number of nitrogens with zero attached hydrogens (tertiary/aromatic N) is 2. The van der Waals surface area contributed by atoms with Crippen molar-refractivity contribution in [3.63, 3.8) is 0 Å². The van der Waals surface area contributed by atoms with Crippen LogP contribution in [0, 0.1) is 0 Å². The molecule has 0 radical (unpaired) electrons. The zero-order valence-electron chi connectivity index (χ0n) is 13.7. The average molecular weight is 342 g/mol. The predicted octanol–water partition coefficient (Wildman–Crippen LogP) is 2.26. The summed E-state index contributed by atoms with van der Waals surface area (Å²) in [6, 6.07) is 10.7. The fourth-order valence-electron chi connectivity index (χ4n) is 2.46. The van der Waals surface area contributed by atoms with Gasteiger partial charge in [0.05, 0.1) is 0 Å². The lowest BCUT2D eigenvalue weighted by Crippen LogP contribution is -2.36. The Bertz CT molecular complexity index is 362. The van der Waals surface area contributed by atoms with Crippen LogP contribution in [0.5, 0.6) is 0 Å². The number of hydrogen-bond acceptors (Lipinski definition) is 5. The van der Waals surface area contributed by atoms with Crippen molar-refractivity contribution < 1.29 is 0 Å². The lowest BCUT2D eigenvalue weighted by molar-refractivity contribution is 0.253. The molecule has 22 heavy (non-hydrogen) atoms. The quantitative estimate of drug-likeness (QED) is 0.378. The van der Waals surface area contributed by atoms with Crippen molar-refractivity contribution >= 4 is 25.3 Å². The van der Waals surface area contributed by atoms with E-state index in [1.165, 1.54) is 12.0 Å². The van der Waals surface area contributed by atoms with E-state index in [1.807, 2.05) is 0 Å². The second kappa shape index (κ2) is 13.3. The van der Waals surface area contributed by atoms with E-state index in [9.17, 15) is 0 Å². The molecule has 0 unspecified atom stereocenters. The lowest BCUT2D eigenvalue weighted by Gasteiger charge is -2.23. The van der Waals surface area contributed by atoms with Gasteiger partial charge in [-0.3, -0.25) is 0 Å². The van der Waals surface area contributed by atoms with Gasteiger partial charge in [-0.15, -0.1) is 0 Å². The van der Waals surface area contributed by atoms with E-state index >= 15 is 0 Å². The highest BCUT2D eigenvalue weighted by Crippen LogP contribution is 2.03. The van der Waals surface area contributed by atoms with Gasteiger partial charge < -0.3 is 15.1 Å². The highest BCUT2D eigenvalue weighted by molar-refractivity contribution is 7.80. The van der Waals surface area contributed by atoms with Crippen LogP contribution in [0.25, 0.3) is 0 Å². The van der Waals surface area contributed by atoms with E-state index in [4.69, 9.17) is 0 Å². The summed E-state index contributed by atoms with van der Waals surface area (Å²) in [5.41, 5.74) is 1.38. The van der Waals surface area contributed by atoms with Gasteiger partial charge in [0, 0.05) is 44.2 Å². The maximum absolute atomic E-state index is 4.37. The SMILES string of the molecule is CN(CCCN(CCS)CCNCCS)Cc1ccccc1. The Balaban J connectivity index is 2.18. The van der Waals surface area contributed by atoms with E-state index in [0.29, 0.717) is 0 Å². The highest BCUT2D eigenvalue weighted by Gasteiger charge is 2.05. The maximum atomic E-state index is 4.37. The molecule has 0 saturated heterocycles. The van der Waals surface area contributed by atoms with E-state index in [2.05, 4.69) is 77.8 Å². The van der Waals surface area contributed by atoms with Gasteiger partial charge in [-0.2, -0.15) is 25.3 Å². The first kappa shape index (κ1) is 19.8. The van der Waals surface area contributed by atoms with E-state index in [-0.39, 0.29) is 0 Å². The minimum atomic E-state index is 0.900. The van der Waals surface area contributed by atoms with Crippen LogP contribution in [0.15, 0.2) is 30.3 Å². The topological polar surface area (TPSA) is 18.5 Å². The monoisotopic (exact) mass is 341 g/mol. The number of thiol groups is 2. The number of rotatable bonds is 13. The van der Waals surface area contributed by atoms with E-state index in [1.54, 1.807) is 0 Å². The molecule has 0 bridgehead atoms. The van der Waals surface area contributed by atoms with Gasteiger partial charge in [0.2, 0.25) is 0 Å². The first-order valence-corrected chi connectivity index (χ1v) is 9.40. The maximum Gasteiger partial charge on any atom is 0.0230 e. The van der Waals surface area contributed by atoms with Gasteiger partial charge in [-0.05, 0) is 32.1 Å². The van der Waals surface area contributed by atoms with Crippen LogP contribution in [0.1, 0.15) is 12.0 Å². The van der Waals surface area contributed by atoms with Crippen LogP contribution in [-0.4, -0.2) is 67.6 Å². The van der Waals surface area contributed by atoms with Crippen molar-refractivity contribution in [3.8, 4) is 0 Å². The Morgan fingerprint density at radius 1 is 0.909 bits per heavy atom. The van der Waals surface area contributed by atoms with Crippen LogP contribution in [0.3, 0.4) is 0 Å². The molecule has 126 valence electrons. The molecule has 0 spiro atoms. The average Bonchev–Trinajstić information content (AvgIpc) is 2.52. The first-order chi connectivity index (χ1) is 10.8. The highest BCUT2D eigenvalue weighted by atomic mass is 32.1. The van der Waals surface area contributed by atoms with Crippen molar-refractivity contribution in [2.24, 2.45) is 0 Å².